The van der Waals surface area contributed by atoms with Gasteiger partial charge in [-0.1, -0.05) is 24.3 Å². The summed E-state index contributed by atoms with van der Waals surface area (Å²) < 4.78 is 36.5. The lowest BCUT2D eigenvalue weighted by Gasteiger charge is -2.18. The van der Waals surface area contributed by atoms with Gasteiger partial charge in [-0.2, -0.15) is 0 Å². The zero-order chi connectivity index (χ0) is 23.0. The number of nitrogens with zero attached hydrogens (tertiary/aromatic N) is 1. The van der Waals surface area contributed by atoms with Crippen molar-refractivity contribution in [1.82, 2.24) is 0 Å². The lowest BCUT2D eigenvalue weighted by Crippen LogP contribution is -2.35. The minimum absolute atomic E-state index is 0.0247. The van der Waals surface area contributed by atoms with E-state index in [1.807, 2.05) is 0 Å². The molecular weight excluding hydrogens is 436 g/mol. The first-order valence-corrected chi connectivity index (χ1v) is 10.9. The number of benzene rings is 3. The molecular formula is C22H18N2O7S. The second-order valence-electron chi connectivity index (χ2n) is 6.97. The predicted molar refractivity (Wildman–Crippen MR) is 116 cm³/mol. The molecule has 0 saturated heterocycles. The normalized spacial score (nSPS) is 13.6. The average molecular weight is 454 g/mol. The first-order chi connectivity index (χ1) is 15.3. The Morgan fingerprint density at radius 2 is 1.50 bits per heavy atom. The number of esters is 2. The van der Waals surface area contributed by atoms with Crippen molar-refractivity contribution in [2.45, 2.75) is 4.90 Å². The van der Waals surface area contributed by atoms with Crippen molar-refractivity contribution >= 4 is 50.0 Å². The third kappa shape index (κ3) is 3.54. The summed E-state index contributed by atoms with van der Waals surface area (Å²) in [4.78, 5) is 36.8. The number of amides is 1. The van der Waals surface area contributed by atoms with E-state index in [0.29, 0.717) is 11.1 Å². The molecule has 10 heteroatoms. The number of carbonyl (C=O) groups excluding carboxylic acids is 3. The Morgan fingerprint density at radius 1 is 0.906 bits per heavy atom. The van der Waals surface area contributed by atoms with E-state index in [9.17, 15) is 22.8 Å². The van der Waals surface area contributed by atoms with E-state index in [-0.39, 0.29) is 21.7 Å². The topological polar surface area (TPSA) is 119 Å². The molecule has 0 spiro atoms. The molecule has 3 aromatic carbocycles. The van der Waals surface area contributed by atoms with Crippen LogP contribution in [0.3, 0.4) is 0 Å². The molecule has 164 valence electrons. The van der Waals surface area contributed by atoms with E-state index in [0.717, 1.165) is 9.69 Å². The first kappa shape index (κ1) is 21.3. The van der Waals surface area contributed by atoms with Gasteiger partial charge in [0.1, 0.15) is 6.54 Å². The van der Waals surface area contributed by atoms with Crippen LogP contribution < -0.4 is 9.62 Å². The highest BCUT2D eigenvalue weighted by Crippen LogP contribution is 2.41. The van der Waals surface area contributed by atoms with Crippen LogP contribution >= 0.6 is 0 Å². The maximum atomic E-state index is 13.0. The number of hydrogen-bond acceptors (Lipinski definition) is 7. The standard InChI is InChI=1S/C22H18N2O7S/c1-30-21(26)14-9-15(22(27)31-2)11-16(10-14)23-19(25)12-24-17-7-3-5-13-6-4-8-18(20(13)17)32(24,28)29/h3-11H,12H2,1-2H3,(H,23,25). The molecule has 1 amide bonds. The Balaban J connectivity index is 1.64. The fourth-order valence-corrected chi connectivity index (χ4v) is 5.30. The molecule has 1 aliphatic heterocycles. The Hall–Kier alpha value is -3.92. The van der Waals surface area contributed by atoms with Crippen molar-refractivity contribution in [2.75, 3.05) is 30.4 Å². The summed E-state index contributed by atoms with van der Waals surface area (Å²) in [6, 6.07) is 14.0. The smallest absolute Gasteiger partial charge is 0.337 e. The average Bonchev–Trinajstić information content (AvgIpc) is 3.00. The van der Waals surface area contributed by atoms with Crippen LogP contribution in [0.15, 0.2) is 59.5 Å². The Morgan fingerprint density at radius 3 is 2.09 bits per heavy atom. The van der Waals surface area contributed by atoms with Gasteiger partial charge in [0.15, 0.2) is 0 Å². The lowest BCUT2D eigenvalue weighted by molar-refractivity contribution is -0.114. The summed E-state index contributed by atoms with van der Waals surface area (Å²) in [5.74, 6) is -2.08. The quantitative estimate of drug-likeness (QED) is 0.589. The van der Waals surface area contributed by atoms with Crippen molar-refractivity contribution < 1.29 is 32.3 Å². The molecule has 1 N–H and O–H groups in total. The summed E-state index contributed by atoms with van der Waals surface area (Å²) in [6.45, 7) is -0.494. The van der Waals surface area contributed by atoms with E-state index in [4.69, 9.17) is 0 Å². The van der Waals surface area contributed by atoms with Crippen LogP contribution in [-0.4, -0.2) is 47.0 Å². The molecule has 1 heterocycles. The largest absolute Gasteiger partial charge is 0.465 e. The summed E-state index contributed by atoms with van der Waals surface area (Å²) >= 11 is 0. The van der Waals surface area contributed by atoms with Crippen molar-refractivity contribution in [3.05, 3.63) is 65.7 Å². The van der Waals surface area contributed by atoms with Gasteiger partial charge < -0.3 is 14.8 Å². The minimum Gasteiger partial charge on any atom is -0.465 e. The monoisotopic (exact) mass is 454 g/mol. The summed E-state index contributed by atoms with van der Waals surface area (Å²) in [5, 5.41) is 3.85. The molecule has 0 aromatic heterocycles. The van der Waals surface area contributed by atoms with Crippen LogP contribution in [0, 0.1) is 0 Å². The Labute approximate surface area is 183 Å². The van der Waals surface area contributed by atoms with E-state index >= 15 is 0 Å². The summed E-state index contributed by atoms with van der Waals surface area (Å²) in [7, 11) is -1.55. The van der Waals surface area contributed by atoms with Crippen LogP contribution in [0.25, 0.3) is 10.8 Å². The number of anilines is 2. The van der Waals surface area contributed by atoms with Gasteiger partial charge in [0, 0.05) is 11.1 Å². The number of rotatable bonds is 5. The van der Waals surface area contributed by atoms with Crippen molar-refractivity contribution in [2.24, 2.45) is 0 Å². The lowest BCUT2D eigenvalue weighted by atomic mass is 10.1. The second-order valence-corrected chi connectivity index (χ2v) is 8.80. The van der Waals surface area contributed by atoms with Gasteiger partial charge in [0.2, 0.25) is 5.91 Å². The van der Waals surface area contributed by atoms with Gasteiger partial charge in [0.25, 0.3) is 10.0 Å². The van der Waals surface area contributed by atoms with E-state index in [2.05, 4.69) is 14.8 Å². The maximum Gasteiger partial charge on any atom is 0.337 e. The van der Waals surface area contributed by atoms with Crippen LogP contribution in [0.2, 0.25) is 0 Å². The zero-order valence-corrected chi connectivity index (χ0v) is 17.9. The van der Waals surface area contributed by atoms with Gasteiger partial charge in [-0.25, -0.2) is 18.0 Å². The number of nitrogens with one attached hydrogen (secondary N) is 1. The highest BCUT2D eigenvalue weighted by atomic mass is 32.2. The predicted octanol–water partition coefficient (Wildman–Crippen LogP) is 2.56. The molecule has 3 aromatic rings. The SMILES string of the molecule is COC(=O)c1cc(NC(=O)CN2c3cccc4cccc(c34)S2(=O)=O)cc(C(=O)OC)c1. The molecule has 0 atom stereocenters. The molecule has 1 aliphatic rings. The fourth-order valence-electron chi connectivity index (χ4n) is 3.63. The van der Waals surface area contributed by atoms with Crippen LogP contribution in [-0.2, 0) is 24.3 Å². The van der Waals surface area contributed by atoms with E-state index in [1.54, 1.807) is 30.3 Å². The number of ether oxygens (including phenoxy) is 2. The van der Waals surface area contributed by atoms with Gasteiger partial charge >= 0.3 is 11.9 Å². The van der Waals surface area contributed by atoms with Crippen molar-refractivity contribution in [1.29, 1.82) is 0 Å². The van der Waals surface area contributed by atoms with Crippen molar-refractivity contribution in [3.8, 4) is 0 Å². The third-order valence-electron chi connectivity index (χ3n) is 5.03. The first-order valence-electron chi connectivity index (χ1n) is 9.42. The van der Waals surface area contributed by atoms with Crippen LogP contribution in [0.1, 0.15) is 20.7 Å². The maximum absolute atomic E-state index is 13.0. The number of sulfonamides is 1. The van der Waals surface area contributed by atoms with Gasteiger partial charge in [0.05, 0.1) is 35.9 Å². The molecule has 0 unspecified atom stereocenters. The van der Waals surface area contributed by atoms with Gasteiger partial charge in [-0.15, -0.1) is 0 Å². The Bertz CT molecular complexity index is 1340. The summed E-state index contributed by atoms with van der Waals surface area (Å²) in [5.41, 5.74) is 0.575. The molecule has 0 radical (unpaired) electrons. The van der Waals surface area contributed by atoms with Gasteiger partial charge in [-0.05, 0) is 35.7 Å². The van der Waals surface area contributed by atoms with Gasteiger partial charge in [-0.3, -0.25) is 9.10 Å². The van der Waals surface area contributed by atoms with E-state index < -0.39 is 34.4 Å². The zero-order valence-electron chi connectivity index (χ0n) is 17.1. The minimum atomic E-state index is -3.91. The summed E-state index contributed by atoms with van der Waals surface area (Å²) in [6.07, 6.45) is 0. The van der Waals surface area contributed by atoms with E-state index in [1.165, 1.54) is 38.5 Å². The third-order valence-corrected chi connectivity index (χ3v) is 6.83. The molecule has 0 saturated carbocycles. The number of hydrogen-bond donors (Lipinski definition) is 1. The highest BCUT2D eigenvalue weighted by molar-refractivity contribution is 7.93. The number of methoxy groups -OCH3 is 2. The second kappa shape index (κ2) is 7.97. The molecule has 0 aliphatic carbocycles. The fraction of sp³-hybridized carbons (Fsp3) is 0.136. The Kier molecular flexibility index (Phi) is 5.31. The van der Waals surface area contributed by atoms with Crippen LogP contribution in [0.4, 0.5) is 11.4 Å². The molecule has 4 rings (SSSR count). The molecule has 9 nitrogen and oxygen atoms in total. The molecule has 0 bridgehead atoms. The number of carbonyl (C=O) groups is 3. The highest BCUT2D eigenvalue weighted by Gasteiger charge is 2.36. The molecule has 0 fully saturated rings. The van der Waals surface area contributed by atoms with Crippen LogP contribution in [0.5, 0.6) is 0 Å². The van der Waals surface area contributed by atoms with Crippen molar-refractivity contribution in [3.63, 3.8) is 0 Å². The molecule has 32 heavy (non-hydrogen) atoms.